The lowest BCUT2D eigenvalue weighted by atomic mass is 9.75. The van der Waals surface area contributed by atoms with Crippen molar-refractivity contribution >= 4 is 28.8 Å². The van der Waals surface area contributed by atoms with Crippen LogP contribution in [0.5, 0.6) is 0 Å². The van der Waals surface area contributed by atoms with Crippen molar-refractivity contribution in [1.82, 2.24) is 10.3 Å². The molecule has 1 atom stereocenters. The molecule has 0 radical (unpaired) electrons. The number of allylic oxidation sites excluding steroid dienone is 3. The maximum absolute atomic E-state index is 13.2. The molecule has 0 aromatic carbocycles. The summed E-state index contributed by atoms with van der Waals surface area (Å²) in [5.74, 6) is 0.0825. The molecule has 2 aromatic heterocycles. The zero-order valence-electron chi connectivity index (χ0n) is 15.3. The Labute approximate surface area is 162 Å². The third kappa shape index (κ3) is 3.32. The van der Waals surface area contributed by atoms with E-state index in [1.807, 2.05) is 36.7 Å². The van der Waals surface area contributed by atoms with E-state index in [-0.39, 0.29) is 17.6 Å². The molecule has 0 saturated carbocycles. The van der Waals surface area contributed by atoms with E-state index in [0.29, 0.717) is 17.8 Å². The number of Topliss-reactive ketones (excluding diaryl/α,β-unsaturated/α-hetero) is 1. The van der Waals surface area contributed by atoms with E-state index in [9.17, 15) is 9.59 Å². The molecular formula is C21H21N3O2S. The highest BCUT2D eigenvalue weighted by Crippen LogP contribution is 2.42. The second kappa shape index (κ2) is 7.12. The summed E-state index contributed by atoms with van der Waals surface area (Å²) in [7, 11) is 0. The summed E-state index contributed by atoms with van der Waals surface area (Å²) < 4.78 is 0. The van der Waals surface area contributed by atoms with Crippen molar-refractivity contribution in [2.75, 3.05) is 5.32 Å². The van der Waals surface area contributed by atoms with Gasteiger partial charge in [0.2, 0.25) is 0 Å². The first kappa shape index (κ1) is 17.7. The van der Waals surface area contributed by atoms with E-state index in [4.69, 9.17) is 0 Å². The van der Waals surface area contributed by atoms with Crippen molar-refractivity contribution in [2.45, 2.75) is 39.0 Å². The zero-order valence-corrected chi connectivity index (χ0v) is 16.2. The summed E-state index contributed by atoms with van der Waals surface area (Å²) in [5, 5.41) is 10.2. The van der Waals surface area contributed by atoms with Crippen molar-refractivity contribution in [3.05, 3.63) is 68.8 Å². The lowest BCUT2D eigenvalue weighted by molar-refractivity contribution is -0.116. The van der Waals surface area contributed by atoms with E-state index in [1.165, 1.54) is 0 Å². The minimum atomic E-state index is -0.328. The maximum atomic E-state index is 13.2. The summed E-state index contributed by atoms with van der Waals surface area (Å²) in [6.45, 7) is 3.85. The van der Waals surface area contributed by atoms with Crippen LogP contribution in [-0.2, 0) is 9.59 Å². The number of carbonyl (C=O) groups excluding carboxylic acids is 2. The Morgan fingerprint density at radius 1 is 1.26 bits per heavy atom. The molecule has 0 fully saturated rings. The SMILES string of the molecule is CC1=C(C(=O)Nc2ccc(C)cn2)[C@H](c2ccsc2)C2=C(CCCC2=O)N1. The molecule has 27 heavy (non-hydrogen) atoms. The van der Waals surface area contributed by atoms with Gasteiger partial charge in [-0.05, 0) is 60.7 Å². The molecule has 0 saturated heterocycles. The standard InChI is InChI=1S/C21H21N3O2S/c1-12-6-7-17(22-10-12)24-21(26)18-13(2)23-15-4-3-5-16(25)20(15)19(18)14-8-9-27-11-14/h6-11,19,23H,3-5H2,1-2H3,(H,22,24,26)/t19-/m0/s1. The number of ketones is 1. The molecule has 3 heterocycles. The van der Waals surface area contributed by atoms with Gasteiger partial charge in [-0.1, -0.05) is 6.07 Å². The van der Waals surface area contributed by atoms with E-state index >= 15 is 0 Å². The summed E-state index contributed by atoms with van der Waals surface area (Å²) in [4.78, 5) is 30.2. The lowest BCUT2D eigenvalue weighted by Gasteiger charge is -2.34. The summed E-state index contributed by atoms with van der Waals surface area (Å²) in [6.07, 6.45) is 3.95. The van der Waals surface area contributed by atoms with Crippen LogP contribution in [0.15, 0.2) is 57.7 Å². The van der Waals surface area contributed by atoms with Crippen LogP contribution in [0.25, 0.3) is 0 Å². The first-order chi connectivity index (χ1) is 13.0. The molecule has 0 spiro atoms. The Bertz CT molecular complexity index is 956. The molecule has 4 rings (SSSR count). The first-order valence-corrected chi connectivity index (χ1v) is 9.99. The summed E-state index contributed by atoms with van der Waals surface area (Å²) in [5.41, 5.74) is 5.11. The van der Waals surface area contributed by atoms with Gasteiger partial charge in [0, 0.05) is 41.1 Å². The number of aromatic nitrogens is 1. The largest absolute Gasteiger partial charge is 0.362 e. The van der Waals surface area contributed by atoms with Crippen LogP contribution in [-0.4, -0.2) is 16.7 Å². The van der Waals surface area contributed by atoms with Crippen LogP contribution in [0.2, 0.25) is 0 Å². The van der Waals surface area contributed by atoms with E-state index in [1.54, 1.807) is 23.6 Å². The fraction of sp³-hybridized carbons (Fsp3) is 0.286. The van der Waals surface area contributed by atoms with Gasteiger partial charge in [0.05, 0.1) is 0 Å². The van der Waals surface area contributed by atoms with Crippen molar-refractivity contribution in [3.63, 3.8) is 0 Å². The van der Waals surface area contributed by atoms with Gasteiger partial charge in [-0.2, -0.15) is 11.3 Å². The van der Waals surface area contributed by atoms with Crippen LogP contribution in [0, 0.1) is 6.92 Å². The average molecular weight is 379 g/mol. The molecule has 1 amide bonds. The van der Waals surface area contributed by atoms with E-state index in [2.05, 4.69) is 15.6 Å². The summed E-state index contributed by atoms with van der Waals surface area (Å²) in [6, 6.07) is 5.69. The van der Waals surface area contributed by atoms with Gasteiger partial charge in [0.15, 0.2) is 5.78 Å². The Morgan fingerprint density at radius 3 is 2.81 bits per heavy atom. The molecule has 2 aliphatic rings. The number of pyridine rings is 1. The van der Waals surface area contributed by atoms with Gasteiger partial charge in [-0.3, -0.25) is 9.59 Å². The van der Waals surface area contributed by atoms with Crippen LogP contribution in [0.3, 0.4) is 0 Å². The third-order valence-corrected chi connectivity index (χ3v) is 5.75. The van der Waals surface area contributed by atoms with E-state index in [0.717, 1.165) is 40.9 Å². The molecule has 6 heteroatoms. The van der Waals surface area contributed by atoms with E-state index < -0.39 is 0 Å². The van der Waals surface area contributed by atoms with Crippen molar-refractivity contribution in [2.24, 2.45) is 0 Å². The fourth-order valence-electron chi connectivity index (χ4n) is 3.78. The molecule has 1 aliphatic carbocycles. The Morgan fingerprint density at radius 2 is 2.11 bits per heavy atom. The predicted molar refractivity (Wildman–Crippen MR) is 106 cm³/mol. The van der Waals surface area contributed by atoms with Gasteiger partial charge >= 0.3 is 0 Å². The van der Waals surface area contributed by atoms with Crippen LogP contribution >= 0.6 is 11.3 Å². The molecule has 2 N–H and O–H groups in total. The molecule has 5 nitrogen and oxygen atoms in total. The number of aryl methyl sites for hydroxylation is 1. The number of thiophene rings is 1. The highest BCUT2D eigenvalue weighted by Gasteiger charge is 2.38. The number of nitrogens with one attached hydrogen (secondary N) is 2. The zero-order chi connectivity index (χ0) is 19.0. The second-order valence-corrected chi connectivity index (χ2v) is 7.78. The highest BCUT2D eigenvalue weighted by atomic mass is 32.1. The Hall–Kier alpha value is -2.73. The minimum Gasteiger partial charge on any atom is -0.362 e. The Balaban J connectivity index is 1.74. The topological polar surface area (TPSA) is 71.1 Å². The fourth-order valence-corrected chi connectivity index (χ4v) is 4.47. The van der Waals surface area contributed by atoms with Gasteiger partial charge in [0.25, 0.3) is 5.91 Å². The quantitative estimate of drug-likeness (QED) is 0.844. The van der Waals surface area contributed by atoms with Crippen LogP contribution in [0.4, 0.5) is 5.82 Å². The lowest BCUT2D eigenvalue weighted by Crippen LogP contribution is -2.35. The second-order valence-electron chi connectivity index (χ2n) is 7.00. The monoisotopic (exact) mass is 379 g/mol. The number of anilines is 1. The highest BCUT2D eigenvalue weighted by molar-refractivity contribution is 7.08. The minimum absolute atomic E-state index is 0.131. The molecule has 138 valence electrons. The number of dihydropyridines is 1. The molecule has 2 aromatic rings. The first-order valence-electron chi connectivity index (χ1n) is 9.04. The number of nitrogens with zero attached hydrogens (tertiary/aromatic N) is 1. The van der Waals surface area contributed by atoms with Crippen molar-refractivity contribution in [1.29, 1.82) is 0 Å². The number of amides is 1. The molecular weight excluding hydrogens is 358 g/mol. The van der Waals surface area contributed by atoms with Gasteiger partial charge in [-0.25, -0.2) is 4.98 Å². The third-order valence-electron chi connectivity index (χ3n) is 5.05. The number of hydrogen-bond donors (Lipinski definition) is 2. The average Bonchev–Trinajstić information content (AvgIpc) is 3.17. The predicted octanol–water partition coefficient (Wildman–Crippen LogP) is 4.06. The van der Waals surface area contributed by atoms with Gasteiger partial charge in [-0.15, -0.1) is 0 Å². The molecule has 0 unspecified atom stereocenters. The van der Waals surface area contributed by atoms with Crippen molar-refractivity contribution in [3.8, 4) is 0 Å². The smallest absolute Gasteiger partial charge is 0.255 e. The van der Waals surface area contributed by atoms with Crippen LogP contribution in [0.1, 0.15) is 43.2 Å². The van der Waals surface area contributed by atoms with Crippen LogP contribution < -0.4 is 10.6 Å². The Kier molecular flexibility index (Phi) is 4.66. The number of carbonyl (C=O) groups is 2. The number of rotatable bonds is 3. The summed E-state index contributed by atoms with van der Waals surface area (Å²) >= 11 is 1.57. The van der Waals surface area contributed by atoms with Gasteiger partial charge < -0.3 is 10.6 Å². The van der Waals surface area contributed by atoms with Gasteiger partial charge in [0.1, 0.15) is 5.82 Å². The normalized spacial score (nSPS) is 19.6. The number of hydrogen-bond acceptors (Lipinski definition) is 5. The van der Waals surface area contributed by atoms with Crippen molar-refractivity contribution < 1.29 is 9.59 Å². The molecule has 0 bridgehead atoms. The maximum Gasteiger partial charge on any atom is 0.255 e. The molecule has 1 aliphatic heterocycles.